The topological polar surface area (TPSA) is 67.6 Å². The van der Waals surface area contributed by atoms with Crippen molar-refractivity contribution in [1.82, 2.24) is 4.90 Å². The van der Waals surface area contributed by atoms with E-state index >= 15 is 0 Å². The monoisotopic (exact) mass is 293 g/mol. The summed E-state index contributed by atoms with van der Waals surface area (Å²) < 4.78 is 29.3. The molecule has 106 valence electrons. The molecule has 1 aromatic heterocycles. The summed E-state index contributed by atoms with van der Waals surface area (Å²) in [4.78, 5) is 13.4. The highest BCUT2D eigenvalue weighted by atomic mass is 32.2. The van der Waals surface area contributed by atoms with Gasteiger partial charge in [0.05, 0.1) is 17.7 Å². The van der Waals surface area contributed by atoms with E-state index in [0.717, 1.165) is 0 Å². The molecule has 0 saturated heterocycles. The van der Waals surface area contributed by atoms with E-state index in [4.69, 9.17) is 4.42 Å². The van der Waals surface area contributed by atoms with Crippen molar-refractivity contribution in [3.8, 4) is 0 Å². The number of benzene rings is 1. The second-order valence-corrected chi connectivity index (χ2v) is 6.39. The van der Waals surface area contributed by atoms with Crippen molar-refractivity contribution in [3.05, 3.63) is 54.5 Å². The third-order valence-corrected chi connectivity index (χ3v) is 4.43. The van der Waals surface area contributed by atoms with Gasteiger partial charge >= 0.3 is 0 Å². The number of hydrogen-bond acceptors (Lipinski definition) is 4. The quantitative estimate of drug-likeness (QED) is 0.841. The molecule has 6 heteroatoms. The van der Waals surface area contributed by atoms with Gasteiger partial charge in [0.1, 0.15) is 11.5 Å². The lowest BCUT2D eigenvalue weighted by Crippen LogP contribution is -2.32. The Morgan fingerprint density at radius 2 is 1.85 bits per heavy atom. The van der Waals surface area contributed by atoms with Crippen LogP contribution < -0.4 is 0 Å². The Balaban J connectivity index is 2.04. The van der Waals surface area contributed by atoms with Gasteiger partial charge in [-0.3, -0.25) is 4.79 Å². The summed E-state index contributed by atoms with van der Waals surface area (Å²) in [7, 11) is -2.06. The van der Waals surface area contributed by atoms with Crippen molar-refractivity contribution in [1.29, 1.82) is 0 Å². The number of rotatable bonds is 5. The molecule has 0 saturated carbocycles. The van der Waals surface area contributed by atoms with Crippen LogP contribution in [0.5, 0.6) is 0 Å². The molecule has 0 unspecified atom stereocenters. The highest BCUT2D eigenvalue weighted by Crippen LogP contribution is 2.11. The fourth-order valence-electron chi connectivity index (χ4n) is 1.71. The van der Waals surface area contributed by atoms with Crippen LogP contribution >= 0.6 is 0 Å². The minimum absolute atomic E-state index is 0.153. The lowest BCUT2D eigenvalue weighted by molar-refractivity contribution is -0.127. The van der Waals surface area contributed by atoms with Gasteiger partial charge in [-0.2, -0.15) is 0 Å². The minimum Gasteiger partial charge on any atom is -0.467 e. The molecular formula is C14H15NO4S. The molecule has 0 radical (unpaired) electrons. The summed E-state index contributed by atoms with van der Waals surface area (Å²) in [5, 5.41) is 0. The number of hydrogen-bond donors (Lipinski definition) is 0. The third-order valence-electron chi connectivity index (χ3n) is 2.81. The van der Waals surface area contributed by atoms with Crippen LogP contribution in [-0.2, 0) is 21.2 Å². The SMILES string of the molecule is CN(Cc1ccco1)C(=O)CS(=O)(=O)c1ccccc1. The van der Waals surface area contributed by atoms with Crippen LogP contribution in [0.4, 0.5) is 0 Å². The zero-order valence-corrected chi connectivity index (χ0v) is 11.8. The Labute approximate surface area is 117 Å². The van der Waals surface area contributed by atoms with Crippen molar-refractivity contribution < 1.29 is 17.6 Å². The van der Waals surface area contributed by atoms with Crippen molar-refractivity contribution in [2.24, 2.45) is 0 Å². The van der Waals surface area contributed by atoms with Crippen molar-refractivity contribution in [2.75, 3.05) is 12.8 Å². The van der Waals surface area contributed by atoms with E-state index in [0.29, 0.717) is 5.76 Å². The zero-order chi connectivity index (χ0) is 14.6. The predicted molar refractivity (Wildman–Crippen MR) is 73.7 cm³/mol. The normalized spacial score (nSPS) is 11.2. The molecule has 20 heavy (non-hydrogen) atoms. The molecule has 0 aliphatic heterocycles. The van der Waals surface area contributed by atoms with Crippen molar-refractivity contribution >= 4 is 15.7 Å². The predicted octanol–water partition coefficient (Wildman–Crippen LogP) is 1.71. The van der Waals surface area contributed by atoms with E-state index < -0.39 is 21.5 Å². The molecule has 0 aliphatic carbocycles. The second-order valence-electron chi connectivity index (χ2n) is 4.40. The van der Waals surface area contributed by atoms with Gasteiger partial charge in [0, 0.05) is 7.05 Å². The van der Waals surface area contributed by atoms with Crippen molar-refractivity contribution in [3.63, 3.8) is 0 Å². The van der Waals surface area contributed by atoms with Gasteiger partial charge in [0.2, 0.25) is 5.91 Å². The van der Waals surface area contributed by atoms with Crippen LogP contribution in [0.1, 0.15) is 5.76 Å². The van der Waals surface area contributed by atoms with E-state index in [1.54, 1.807) is 37.4 Å². The van der Waals surface area contributed by atoms with E-state index in [2.05, 4.69) is 0 Å². The Morgan fingerprint density at radius 1 is 1.15 bits per heavy atom. The van der Waals surface area contributed by atoms with Crippen LogP contribution in [0.3, 0.4) is 0 Å². The molecule has 2 rings (SSSR count). The summed E-state index contributed by atoms with van der Waals surface area (Å²) in [5.74, 6) is -0.406. The minimum atomic E-state index is -3.61. The summed E-state index contributed by atoms with van der Waals surface area (Å²) >= 11 is 0. The van der Waals surface area contributed by atoms with Gasteiger partial charge in [0.25, 0.3) is 0 Å². The third kappa shape index (κ3) is 3.48. The molecule has 0 bridgehead atoms. The highest BCUT2D eigenvalue weighted by Gasteiger charge is 2.21. The summed E-state index contributed by atoms with van der Waals surface area (Å²) in [6.45, 7) is 0.246. The maximum absolute atomic E-state index is 12.1. The lowest BCUT2D eigenvalue weighted by Gasteiger charge is -2.15. The van der Waals surface area contributed by atoms with E-state index in [9.17, 15) is 13.2 Å². The van der Waals surface area contributed by atoms with Gasteiger partial charge < -0.3 is 9.32 Å². The van der Waals surface area contributed by atoms with Gasteiger partial charge in [0.15, 0.2) is 9.84 Å². The summed E-state index contributed by atoms with van der Waals surface area (Å²) in [6.07, 6.45) is 1.51. The number of carbonyl (C=O) groups is 1. The Bertz CT molecular complexity index is 662. The molecule has 0 spiro atoms. The van der Waals surface area contributed by atoms with E-state index in [1.165, 1.54) is 23.3 Å². The fourth-order valence-corrected chi connectivity index (χ4v) is 2.99. The molecule has 0 N–H and O–H groups in total. The van der Waals surface area contributed by atoms with Gasteiger partial charge in [-0.25, -0.2) is 8.42 Å². The number of sulfone groups is 1. The van der Waals surface area contributed by atoms with Gasteiger partial charge in [-0.1, -0.05) is 18.2 Å². The summed E-state index contributed by atoms with van der Waals surface area (Å²) in [5.41, 5.74) is 0. The highest BCUT2D eigenvalue weighted by molar-refractivity contribution is 7.92. The first kappa shape index (κ1) is 14.3. The standard InChI is InChI=1S/C14H15NO4S/c1-15(10-12-6-5-9-19-12)14(16)11-20(17,18)13-7-3-2-4-8-13/h2-9H,10-11H2,1H3. The zero-order valence-electron chi connectivity index (χ0n) is 11.0. The first-order chi connectivity index (χ1) is 9.49. The number of furan rings is 1. The molecule has 5 nitrogen and oxygen atoms in total. The fraction of sp³-hybridized carbons (Fsp3) is 0.214. The average molecular weight is 293 g/mol. The Hall–Kier alpha value is -2.08. The lowest BCUT2D eigenvalue weighted by atomic mass is 10.4. The first-order valence-corrected chi connectivity index (χ1v) is 7.68. The molecule has 0 aliphatic rings. The summed E-state index contributed by atoms with van der Waals surface area (Å²) in [6, 6.07) is 11.4. The second kappa shape index (κ2) is 5.92. The smallest absolute Gasteiger partial charge is 0.238 e. The van der Waals surface area contributed by atoms with Crippen LogP contribution in [0.15, 0.2) is 58.0 Å². The van der Waals surface area contributed by atoms with Crippen LogP contribution in [0.2, 0.25) is 0 Å². The van der Waals surface area contributed by atoms with E-state index in [1.807, 2.05) is 0 Å². The van der Waals surface area contributed by atoms with E-state index in [-0.39, 0.29) is 11.4 Å². The molecular weight excluding hydrogens is 278 g/mol. The molecule has 1 amide bonds. The Morgan fingerprint density at radius 3 is 2.45 bits per heavy atom. The number of amides is 1. The van der Waals surface area contributed by atoms with Gasteiger partial charge in [-0.05, 0) is 24.3 Å². The molecule has 0 fully saturated rings. The largest absolute Gasteiger partial charge is 0.467 e. The van der Waals surface area contributed by atoms with Crippen LogP contribution in [0, 0.1) is 0 Å². The number of carbonyl (C=O) groups excluding carboxylic acids is 1. The maximum Gasteiger partial charge on any atom is 0.238 e. The van der Waals surface area contributed by atoms with Crippen molar-refractivity contribution in [2.45, 2.75) is 11.4 Å². The Kier molecular flexibility index (Phi) is 4.24. The maximum atomic E-state index is 12.1. The molecule has 2 aromatic rings. The molecule has 0 atom stereocenters. The van der Waals surface area contributed by atoms with Crippen LogP contribution in [-0.4, -0.2) is 32.0 Å². The molecule has 1 heterocycles. The average Bonchev–Trinajstić information content (AvgIpc) is 2.92. The van der Waals surface area contributed by atoms with Crippen LogP contribution in [0.25, 0.3) is 0 Å². The first-order valence-electron chi connectivity index (χ1n) is 6.03. The van der Waals surface area contributed by atoms with Gasteiger partial charge in [-0.15, -0.1) is 0 Å². The number of nitrogens with zero attached hydrogens (tertiary/aromatic N) is 1. The molecule has 1 aromatic carbocycles.